The molecule has 0 saturated heterocycles. The lowest BCUT2D eigenvalue weighted by Crippen LogP contribution is -2.42. The molecule has 0 radical (unpaired) electrons. The van der Waals surface area contributed by atoms with Crippen molar-refractivity contribution in [2.24, 2.45) is 28.2 Å². The maximum Gasteiger partial charge on any atom is 0.375 e. The van der Waals surface area contributed by atoms with Crippen molar-refractivity contribution in [2.45, 2.75) is 0 Å². The van der Waals surface area contributed by atoms with Crippen LogP contribution in [0.2, 0.25) is 0 Å². The molecule has 11 nitrogen and oxygen atoms in total. The van der Waals surface area contributed by atoms with Crippen LogP contribution in [0.25, 0.3) is 0 Å². The van der Waals surface area contributed by atoms with Crippen LogP contribution >= 0.6 is 0 Å². The summed E-state index contributed by atoms with van der Waals surface area (Å²) in [6, 6.07) is -1.11. The van der Waals surface area contributed by atoms with Gasteiger partial charge in [0.1, 0.15) is 0 Å². The number of aromatic nitrogens is 6. The van der Waals surface area contributed by atoms with E-state index in [4.69, 9.17) is 0 Å². The maximum atomic E-state index is 12.2. The molecule has 108 valence electrons. The second-order valence-corrected chi connectivity index (χ2v) is 4.20. The SMILES string of the molecule is Cn1c(=O)n(C)n(C(=O)n2c(=O)n(C)c(=O)n2C)c1=O. The van der Waals surface area contributed by atoms with Crippen LogP contribution in [0.5, 0.6) is 0 Å². The van der Waals surface area contributed by atoms with Gasteiger partial charge in [0, 0.05) is 28.2 Å². The van der Waals surface area contributed by atoms with Gasteiger partial charge < -0.3 is 0 Å². The molecule has 2 heterocycles. The average molecular weight is 284 g/mol. The highest BCUT2D eigenvalue weighted by atomic mass is 16.2. The van der Waals surface area contributed by atoms with E-state index in [1.54, 1.807) is 0 Å². The molecule has 2 aromatic rings. The van der Waals surface area contributed by atoms with Crippen LogP contribution in [-0.2, 0) is 28.2 Å². The monoisotopic (exact) mass is 284 g/mol. The number of nitrogens with zero attached hydrogens (tertiary/aromatic N) is 6. The van der Waals surface area contributed by atoms with Gasteiger partial charge in [0.2, 0.25) is 0 Å². The molecule has 2 aromatic heterocycles. The first-order valence-corrected chi connectivity index (χ1v) is 5.45. The molecule has 0 aromatic carbocycles. The fraction of sp³-hybridized carbons (Fsp3) is 0.444. The number of carbonyl (C=O) groups excluding carboxylic acids is 1. The molecular formula is C9H12N6O5. The number of rotatable bonds is 0. The summed E-state index contributed by atoms with van der Waals surface area (Å²) in [5, 5.41) is 0. The Morgan fingerprint density at radius 2 is 0.950 bits per heavy atom. The van der Waals surface area contributed by atoms with E-state index in [0.717, 1.165) is 9.36 Å². The molecule has 0 saturated carbocycles. The highest BCUT2D eigenvalue weighted by Crippen LogP contribution is 1.83. The Labute approximate surface area is 110 Å². The van der Waals surface area contributed by atoms with E-state index in [0.29, 0.717) is 18.5 Å². The lowest BCUT2D eigenvalue weighted by Gasteiger charge is -2.05. The van der Waals surface area contributed by atoms with Gasteiger partial charge in [-0.2, -0.15) is 0 Å². The van der Waals surface area contributed by atoms with Crippen LogP contribution in [0.1, 0.15) is 0 Å². The Hall–Kier alpha value is -2.85. The van der Waals surface area contributed by atoms with Crippen LogP contribution in [0.15, 0.2) is 19.2 Å². The zero-order valence-electron chi connectivity index (χ0n) is 11.2. The van der Waals surface area contributed by atoms with Gasteiger partial charge in [-0.3, -0.25) is 0 Å². The average Bonchev–Trinajstić information content (AvgIpc) is 2.71. The zero-order valence-corrected chi connectivity index (χ0v) is 11.2. The van der Waals surface area contributed by atoms with E-state index in [9.17, 15) is 24.0 Å². The third kappa shape index (κ3) is 1.49. The predicted octanol–water partition coefficient (Wildman–Crippen LogP) is -3.40. The van der Waals surface area contributed by atoms with Gasteiger partial charge in [-0.25, -0.2) is 42.5 Å². The molecule has 0 unspecified atom stereocenters. The predicted molar refractivity (Wildman–Crippen MR) is 66.0 cm³/mol. The molecule has 11 heteroatoms. The van der Waals surface area contributed by atoms with E-state index in [2.05, 4.69) is 0 Å². The zero-order chi connectivity index (χ0) is 15.4. The smallest absolute Gasteiger partial charge is 0.246 e. The first kappa shape index (κ1) is 13.6. The highest BCUT2D eigenvalue weighted by molar-refractivity contribution is 5.77. The van der Waals surface area contributed by atoms with Crippen molar-refractivity contribution in [1.82, 2.24) is 27.9 Å². The van der Waals surface area contributed by atoms with Crippen molar-refractivity contribution >= 4 is 6.03 Å². The van der Waals surface area contributed by atoms with Crippen molar-refractivity contribution in [3.8, 4) is 0 Å². The summed E-state index contributed by atoms with van der Waals surface area (Å²) in [6.45, 7) is 0. The molecule has 0 fully saturated rings. The summed E-state index contributed by atoms with van der Waals surface area (Å²) in [5.41, 5.74) is -3.27. The first-order valence-electron chi connectivity index (χ1n) is 5.45. The molecule has 0 atom stereocenters. The van der Waals surface area contributed by atoms with E-state index < -0.39 is 28.8 Å². The number of hydrogen-bond donors (Lipinski definition) is 0. The summed E-state index contributed by atoms with van der Waals surface area (Å²) in [4.78, 5) is 59.0. The van der Waals surface area contributed by atoms with Crippen molar-refractivity contribution in [3.63, 3.8) is 0 Å². The fourth-order valence-corrected chi connectivity index (χ4v) is 1.82. The normalized spacial score (nSPS) is 11.0. The van der Waals surface area contributed by atoms with Gasteiger partial charge in [0.05, 0.1) is 0 Å². The van der Waals surface area contributed by atoms with Crippen molar-refractivity contribution in [1.29, 1.82) is 0 Å². The topological polar surface area (TPSA) is 115 Å². The second-order valence-electron chi connectivity index (χ2n) is 4.20. The molecule has 0 N–H and O–H groups in total. The minimum Gasteiger partial charge on any atom is -0.246 e. The number of hydrogen-bond acceptors (Lipinski definition) is 5. The van der Waals surface area contributed by atoms with E-state index in [-0.39, 0.29) is 0 Å². The minimum absolute atomic E-state index is 0.475. The summed E-state index contributed by atoms with van der Waals surface area (Å²) in [6.07, 6.45) is 0. The molecule has 0 spiro atoms. The van der Waals surface area contributed by atoms with Crippen LogP contribution in [0.3, 0.4) is 0 Å². The van der Waals surface area contributed by atoms with E-state index >= 15 is 0 Å². The largest absolute Gasteiger partial charge is 0.375 e. The number of carbonyl (C=O) groups is 1. The van der Waals surface area contributed by atoms with Crippen LogP contribution in [-0.4, -0.2) is 33.9 Å². The third-order valence-corrected chi connectivity index (χ3v) is 3.03. The molecule has 0 amide bonds. The van der Waals surface area contributed by atoms with E-state index in [1.807, 2.05) is 0 Å². The Bertz CT molecular complexity index is 865. The van der Waals surface area contributed by atoms with Crippen LogP contribution in [0, 0.1) is 0 Å². The Morgan fingerprint density at radius 1 is 0.650 bits per heavy atom. The van der Waals surface area contributed by atoms with Crippen molar-refractivity contribution < 1.29 is 4.79 Å². The standard InChI is InChI=1S/C9H12N6O5/c1-10-5(16)12(3)14(7(10)18)9(20)15-8(19)11(2)6(17)13(15)4/h1-4H3. The molecule has 0 aliphatic heterocycles. The van der Waals surface area contributed by atoms with Gasteiger partial charge >= 0.3 is 28.8 Å². The van der Waals surface area contributed by atoms with Gasteiger partial charge in [-0.1, -0.05) is 0 Å². The van der Waals surface area contributed by atoms with Gasteiger partial charge in [-0.15, -0.1) is 9.36 Å². The van der Waals surface area contributed by atoms with E-state index in [1.165, 1.54) is 28.2 Å². The molecule has 0 aliphatic rings. The lowest BCUT2D eigenvalue weighted by atomic mass is 10.9. The van der Waals surface area contributed by atoms with Crippen LogP contribution < -0.4 is 22.8 Å². The minimum atomic E-state index is -1.11. The Morgan fingerprint density at radius 3 is 1.15 bits per heavy atom. The van der Waals surface area contributed by atoms with Gasteiger partial charge in [-0.05, 0) is 0 Å². The molecule has 2 rings (SSSR count). The van der Waals surface area contributed by atoms with Crippen molar-refractivity contribution in [3.05, 3.63) is 41.9 Å². The second kappa shape index (κ2) is 4.08. The highest BCUT2D eigenvalue weighted by Gasteiger charge is 2.23. The van der Waals surface area contributed by atoms with Crippen LogP contribution in [0.4, 0.5) is 4.79 Å². The molecule has 20 heavy (non-hydrogen) atoms. The molecule has 0 aliphatic carbocycles. The Kier molecular flexibility index (Phi) is 2.77. The first-order chi connectivity index (χ1) is 9.20. The summed E-state index contributed by atoms with van der Waals surface area (Å²) >= 11 is 0. The van der Waals surface area contributed by atoms with Gasteiger partial charge in [0.25, 0.3) is 0 Å². The lowest BCUT2D eigenvalue weighted by molar-refractivity contribution is 0.229. The summed E-state index contributed by atoms with van der Waals surface area (Å²) < 4.78 is 3.89. The summed E-state index contributed by atoms with van der Waals surface area (Å²) in [5.74, 6) is 0. The molecule has 0 bridgehead atoms. The van der Waals surface area contributed by atoms with Crippen molar-refractivity contribution in [2.75, 3.05) is 0 Å². The third-order valence-electron chi connectivity index (χ3n) is 3.03. The maximum absolute atomic E-state index is 12.2. The molecular weight excluding hydrogens is 272 g/mol. The fourth-order valence-electron chi connectivity index (χ4n) is 1.82. The van der Waals surface area contributed by atoms with Gasteiger partial charge in [0.15, 0.2) is 0 Å². The quantitative estimate of drug-likeness (QED) is 0.500. The summed E-state index contributed by atoms with van der Waals surface area (Å²) in [7, 11) is 4.80. The Balaban J connectivity index is 2.85.